The normalized spacial score (nSPS) is 20.9. The van der Waals surface area contributed by atoms with Gasteiger partial charge in [0.05, 0.1) is 23.9 Å². The van der Waals surface area contributed by atoms with E-state index in [0.29, 0.717) is 24.2 Å². The summed E-state index contributed by atoms with van der Waals surface area (Å²) in [6.45, 7) is 6.64. The number of hydrogen-bond donors (Lipinski definition) is 2. The SMILES string of the molecule is CCN1C(=O)N[C@H](c2ccc(C)cc2C)C2=C1CN([C@H](Cc1ccccc1)C(=O)NC1CCCCC1)C2=O. The van der Waals surface area contributed by atoms with E-state index in [1.807, 2.05) is 63.2 Å². The molecule has 2 aliphatic heterocycles. The van der Waals surface area contributed by atoms with Crippen molar-refractivity contribution in [2.24, 2.45) is 0 Å². The lowest BCUT2D eigenvalue weighted by atomic mass is 9.91. The predicted molar refractivity (Wildman–Crippen MR) is 147 cm³/mol. The molecule has 1 aliphatic carbocycles. The summed E-state index contributed by atoms with van der Waals surface area (Å²) >= 11 is 0. The molecule has 0 radical (unpaired) electrons. The molecule has 200 valence electrons. The third-order valence-corrected chi connectivity index (χ3v) is 8.20. The van der Waals surface area contributed by atoms with Crippen LogP contribution in [0, 0.1) is 13.8 Å². The van der Waals surface area contributed by atoms with Crippen LogP contribution in [0.5, 0.6) is 0 Å². The average Bonchev–Trinajstić information content (AvgIpc) is 3.24. The molecular formula is C31H38N4O3. The summed E-state index contributed by atoms with van der Waals surface area (Å²) in [4.78, 5) is 44.5. The lowest BCUT2D eigenvalue weighted by Crippen LogP contribution is -2.52. The lowest BCUT2D eigenvalue weighted by molar-refractivity contribution is -0.137. The highest BCUT2D eigenvalue weighted by Gasteiger charge is 2.47. The molecule has 0 saturated heterocycles. The molecule has 4 amide bonds. The number of rotatable bonds is 7. The van der Waals surface area contributed by atoms with Gasteiger partial charge in [-0.3, -0.25) is 14.5 Å². The molecule has 1 saturated carbocycles. The topological polar surface area (TPSA) is 81.8 Å². The van der Waals surface area contributed by atoms with Gasteiger partial charge in [-0.05, 0) is 50.3 Å². The van der Waals surface area contributed by atoms with Gasteiger partial charge in [0.2, 0.25) is 5.91 Å². The summed E-state index contributed by atoms with van der Waals surface area (Å²) in [5.41, 5.74) is 5.33. The molecule has 2 aromatic carbocycles. The molecule has 2 aromatic rings. The smallest absolute Gasteiger partial charge is 0.322 e. The molecule has 0 aromatic heterocycles. The van der Waals surface area contributed by atoms with Crippen LogP contribution in [0.1, 0.15) is 67.3 Å². The second kappa shape index (κ2) is 11.0. The Labute approximate surface area is 225 Å². The van der Waals surface area contributed by atoms with Crippen LogP contribution in [-0.2, 0) is 16.0 Å². The van der Waals surface area contributed by atoms with Crippen LogP contribution in [-0.4, -0.2) is 52.8 Å². The third-order valence-electron chi connectivity index (χ3n) is 8.20. The van der Waals surface area contributed by atoms with Gasteiger partial charge in [-0.1, -0.05) is 73.4 Å². The number of urea groups is 1. The van der Waals surface area contributed by atoms with E-state index < -0.39 is 12.1 Å². The Hall–Kier alpha value is -3.61. The fraction of sp³-hybridized carbons (Fsp3) is 0.452. The third kappa shape index (κ3) is 5.06. The first-order valence-corrected chi connectivity index (χ1v) is 13.9. The van der Waals surface area contributed by atoms with Crippen molar-refractivity contribution in [1.82, 2.24) is 20.4 Å². The van der Waals surface area contributed by atoms with Crippen LogP contribution < -0.4 is 10.6 Å². The monoisotopic (exact) mass is 514 g/mol. The van der Waals surface area contributed by atoms with Gasteiger partial charge >= 0.3 is 6.03 Å². The van der Waals surface area contributed by atoms with Crippen LogP contribution in [0.2, 0.25) is 0 Å². The summed E-state index contributed by atoms with van der Waals surface area (Å²) in [6, 6.07) is 14.7. The first kappa shape index (κ1) is 26.0. The zero-order valence-corrected chi connectivity index (χ0v) is 22.6. The van der Waals surface area contributed by atoms with Crippen molar-refractivity contribution in [2.75, 3.05) is 13.1 Å². The molecular weight excluding hydrogens is 476 g/mol. The van der Waals surface area contributed by atoms with E-state index in [0.717, 1.165) is 47.9 Å². The minimum absolute atomic E-state index is 0.112. The summed E-state index contributed by atoms with van der Waals surface area (Å²) in [5.74, 6) is -0.289. The number of hydrogen-bond acceptors (Lipinski definition) is 3. The predicted octanol–water partition coefficient (Wildman–Crippen LogP) is 4.55. The van der Waals surface area contributed by atoms with Crippen LogP contribution in [0.4, 0.5) is 4.79 Å². The zero-order valence-electron chi connectivity index (χ0n) is 22.6. The number of aryl methyl sites for hydroxylation is 2. The van der Waals surface area contributed by atoms with Gasteiger partial charge in [0, 0.05) is 19.0 Å². The highest BCUT2D eigenvalue weighted by Crippen LogP contribution is 2.38. The van der Waals surface area contributed by atoms with Crippen molar-refractivity contribution in [1.29, 1.82) is 0 Å². The Balaban J connectivity index is 1.50. The van der Waals surface area contributed by atoms with Crippen LogP contribution in [0.15, 0.2) is 59.8 Å². The number of amides is 4. The Kier molecular flexibility index (Phi) is 7.54. The first-order valence-electron chi connectivity index (χ1n) is 13.9. The fourth-order valence-corrected chi connectivity index (χ4v) is 6.21. The molecule has 1 fully saturated rings. The van der Waals surface area contributed by atoms with E-state index in [9.17, 15) is 14.4 Å². The molecule has 2 atom stereocenters. The highest BCUT2D eigenvalue weighted by molar-refractivity contribution is 6.03. The maximum Gasteiger partial charge on any atom is 0.322 e. The van der Waals surface area contributed by atoms with Crippen molar-refractivity contribution >= 4 is 17.8 Å². The van der Waals surface area contributed by atoms with Gasteiger partial charge in [-0.25, -0.2) is 4.79 Å². The van der Waals surface area contributed by atoms with Crippen molar-refractivity contribution in [3.8, 4) is 0 Å². The van der Waals surface area contributed by atoms with E-state index in [1.54, 1.807) is 9.80 Å². The standard InChI is InChI=1S/C31H38N4O3/c1-4-34-26-19-35(30(37)27(26)28(33-31(34)38)24-16-15-20(2)17-21(24)3)25(18-22-11-7-5-8-12-22)29(36)32-23-13-9-6-10-14-23/h5,7-8,11-12,15-17,23,25,28H,4,6,9-10,13-14,18-19H2,1-3H3,(H,32,36)(H,33,38)/t25-,28-/m1/s1. The molecule has 2 N–H and O–H groups in total. The summed E-state index contributed by atoms with van der Waals surface area (Å²) in [7, 11) is 0. The number of carbonyl (C=O) groups excluding carboxylic acids is 3. The van der Waals surface area contributed by atoms with Crippen molar-refractivity contribution in [3.63, 3.8) is 0 Å². The molecule has 3 aliphatic rings. The average molecular weight is 515 g/mol. The first-order chi connectivity index (χ1) is 18.4. The van der Waals surface area contributed by atoms with Crippen molar-refractivity contribution < 1.29 is 14.4 Å². The largest absolute Gasteiger partial charge is 0.352 e. The van der Waals surface area contributed by atoms with Gasteiger partial charge < -0.3 is 15.5 Å². The van der Waals surface area contributed by atoms with Gasteiger partial charge in [-0.2, -0.15) is 0 Å². The fourth-order valence-electron chi connectivity index (χ4n) is 6.21. The maximum absolute atomic E-state index is 14.2. The van der Waals surface area contributed by atoms with Gasteiger partial charge in [0.15, 0.2) is 0 Å². The number of likely N-dealkylation sites (N-methyl/N-ethyl adjacent to an activating group) is 1. The zero-order chi connectivity index (χ0) is 26.8. The second-order valence-electron chi connectivity index (χ2n) is 10.8. The Morgan fingerprint density at radius 3 is 2.47 bits per heavy atom. The van der Waals surface area contributed by atoms with Gasteiger partial charge in [0.25, 0.3) is 5.91 Å². The lowest BCUT2D eigenvalue weighted by Gasteiger charge is -2.33. The molecule has 7 heteroatoms. The van der Waals surface area contributed by atoms with Crippen LogP contribution in [0.25, 0.3) is 0 Å². The number of nitrogens with one attached hydrogen (secondary N) is 2. The Morgan fingerprint density at radius 2 is 1.79 bits per heavy atom. The van der Waals surface area contributed by atoms with E-state index in [1.165, 1.54) is 6.42 Å². The quantitative estimate of drug-likeness (QED) is 0.569. The van der Waals surface area contributed by atoms with E-state index in [4.69, 9.17) is 0 Å². The van der Waals surface area contributed by atoms with E-state index in [-0.39, 0.29) is 30.4 Å². The summed E-state index contributed by atoms with van der Waals surface area (Å²) in [5, 5.41) is 6.34. The van der Waals surface area contributed by atoms with E-state index >= 15 is 0 Å². The highest BCUT2D eigenvalue weighted by atomic mass is 16.2. The molecule has 0 spiro atoms. The van der Waals surface area contributed by atoms with Crippen molar-refractivity contribution in [2.45, 2.75) is 77.4 Å². The van der Waals surface area contributed by atoms with Crippen LogP contribution in [0.3, 0.4) is 0 Å². The van der Waals surface area contributed by atoms with Gasteiger partial charge in [0.1, 0.15) is 6.04 Å². The van der Waals surface area contributed by atoms with Crippen LogP contribution >= 0.6 is 0 Å². The molecule has 0 bridgehead atoms. The minimum atomic E-state index is -0.661. The molecule has 7 nitrogen and oxygen atoms in total. The molecule has 0 unspecified atom stereocenters. The Bertz CT molecular complexity index is 1250. The number of nitrogens with zero attached hydrogens (tertiary/aromatic N) is 2. The summed E-state index contributed by atoms with van der Waals surface area (Å²) in [6.07, 6.45) is 5.81. The Morgan fingerprint density at radius 1 is 1.05 bits per heavy atom. The molecule has 38 heavy (non-hydrogen) atoms. The number of benzene rings is 2. The van der Waals surface area contributed by atoms with Gasteiger partial charge in [-0.15, -0.1) is 0 Å². The van der Waals surface area contributed by atoms with Crippen molar-refractivity contribution in [3.05, 3.63) is 82.1 Å². The summed E-state index contributed by atoms with van der Waals surface area (Å²) < 4.78 is 0. The second-order valence-corrected chi connectivity index (χ2v) is 10.8. The molecule has 5 rings (SSSR count). The molecule has 2 heterocycles. The minimum Gasteiger partial charge on any atom is -0.352 e. The van der Waals surface area contributed by atoms with E-state index in [2.05, 4.69) is 16.7 Å². The number of carbonyl (C=O) groups is 3. The maximum atomic E-state index is 14.2.